The van der Waals surface area contributed by atoms with Gasteiger partial charge in [0.05, 0.1) is 11.4 Å². The number of carbonyl (C=O) groups is 1. The Labute approximate surface area is 158 Å². The molecule has 0 aliphatic carbocycles. The molecule has 2 aromatic carbocycles. The number of para-hydroxylation sites is 1. The Morgan fingerprint density at radius 1 is 1.04 bits per heavy atom. The number of aromatic nitrogens is 2. The molecule has 1 atom stereocenters. The van der Waals surface area contributed by atoms with Gasteiger partial charge in [-0.3, -0.25) is 14.3 Å². The van der Waals surface area contributed by atoms with Crippen LogP contribution in [0.2, 0.25) is 0 Å². The Balaban J connectivity index is 1.82. The zero-order valence-corrected chi connectivity index (χ0v) is 15.9. The van der Waals surface area contributed by atoms with E-state index in [1.54, 1.807) is 25.6 Å². The lowest BCUT2D eigenvalue weighted by Gasteiger charge is -2.14. The zero-order chi connectivity index (χ0) is 19.6. The van der Waals surface area contributed by atoms with Gasteiger partial charge in [0.15, 0.2) is 6.10 Å². The Bertz CT molecular complexity index is 1000. The monoisotopic (exact) mass is 365 g/mol. The smallest absolute Gasteiger partial charge is 0.295 e. The zero-order valence-electron chi connectivity index (χ0n) is 15.9. The summed E-state index contributed by atoms with van der Waals surface area (Å²) in [7, 11) is 1.78. The van der Waals surface area contributed by atoms with Gasteiger partial charge in [-0.2, -0.15) is 0 Å². The molecule has 1 heterocycles. The Morgan fingerprint density at radius 2 is 1.67 bits per heavy atom. The van der Waals surface area contributed by atoms with E-state index in [1.807, 2.05) is 61.5 Å². The van der Waals surface area contributed by atoms with Crippen molar-refractivity contribution < 1.29 is 9.53 Å². The maximum absolute atomic E-state index is 12.9. The van der Waals surface area contributed by atoms with Crippen molar-refractivity contribution in [2.24, 2.45) is 7.05 Å². The molecule has 3 aromatic rings. The highest BCUT2D eigenvalue weighted by Gasteiger charge is 2.21. The minimum atomic E-state index is -0.739. The molecule has 27 heavy (non-hydrogen) atoms. The topological polar surface area (TPSA) is 65.3 Å². The number of nitrogens with zero attached hydrogens (tertiary/aromatic N) is 2. The molecular formula is C21H23N3O3. The van der Waals surface area contributed by atoms with Gasteiger partial charge in [-0.15, -0.1) is 0 Å². The summed E-state index contributed by atoms with van der Waals surface area (Å²) in [5.74, 6) is 0.233. The lowest BCUT2D eigenvalue weighted by Crippen LogP contribution is -2.32. The van der Waals surface area contributed by atoms with E-state index in [0.29, 0.717) is 11.4 Å². The predicted molar refractivity (Wildman–Crippen MR) is 106 cm³/mol. The van der Waals surface area contributed by atoms with Crippen LogP contribution in [0.3, 0.4) is 0 Å². The van der Waals surface area contributed by atoms with Crippen LogP contribution in [0.15, 0.2) is 59.4 Å². The fraction of sp³-hybridized carbons (Fsp3) is 0.238. The highest BCUT2D eigenvalue weighted by molar-refractivity contribution is 5.94. The minimum Gasteiger partial charge on any atom is -0.481 e. The number of nitrogens with one attached hydrogen (secondary N) is 1. The first-order valence-corrected chi connectivity index (χ1v) is 8.76. The Kier molecular flexibility index (Phi) is 5.16. The molecule has 0 saturated heterocycles. The van der Waals surface area contributed by atoms with Gasteiger partial charge >= 0.3 is 0 Å². The second-order valence-electron chi connectivity index (χ2n) is 6.50. The third-order valence-corrected chi connectivity index (χ3v) is 4.51. The van der Waals surface area contributed by atoms with E-state index in [2.05, 4.69) is 5.32 Å². The number of carbonyl (C=O) groups excluding carboxylic acids is 1. The minimum absolute atomic E-state index is 0.255. The lowest BCUT2D eigenvalue weighted by atomic mass is 10.2. The average Bonchev–Trinajstić information content (AvgIpc) is 2.87. The summed E-state index contributed by atoms with van der Waals surface area (Å²) in [5.41, 5.74) is 2.49. The van der Waals surface area contributed by atoms with E-state index in [1.165, 1.54) is 4.68 Å². The molecule has 140 valence electrons. The third-order valence-electron chi connectivity index (χ3n) is 4.51. The quantitative estimate of drug-likeness (QED) is 0.755. The average molecular weight is 365 g/mol. The predicted octanol–water partition coefficient (Wildman–Crippen LogP) is 3.20. The van der Waals surface area contributed by atoms with Crippen molar-refractivity contribution >= 4 is 11.6 Å². The van der Waals surface area contributed by atoms with Crippen LogP contribution in [0.1, 0.15) is 18.2 Å². The molecule has 1 aromatic heterocycles. The van der Waals surface area contributed by atoms with Gasteiger partial charge in [0, 0.05) is 7.05 Å². The highest BCUT2D eigenvalue weighted by Crippen LogP contribution is 2.16. The van der Waals surface area contributed by atoms with Crippen molar-refractivity contribution in [1.29, 1.82) is 0 Å². The van der Waals surface area contributed by atoms with Crippen molar-refractivity contribution in [3.8, 4) is 11.4 Å². The summed E-state index contributed by atoms with van der Waals surface area (Å²) in [6.45, 7) is 5.43. The fourth-order valence-corrected chi connectivity index (χ4v) is 2.81. The number of aryl methyl sites for hydroxylation is 1. The van der Waals surface area contributed by atoms with E-state index >= 15 is 0 Å². The summed E-state index contributed by atoms with van der Waals surface area (Å²) in [6.07, 6.45) is -0.739. The van der Waals surface area contributed by atoms with Crippen molar-refractivity contribution in [2.75, 3.05) is 5.32 Å². The number of ether oxygens (including phenoxy) is 1. The molecule has 0 radical (unpaired) electrons. The van der Waals surface area contributed by atoms with Gasteiger partial charge in [-0.1, -0.05) is 35.9 Å². The maximum atomic E-state index is 12.9. The first kappa shape index (κ1) is 18.5. The van der Waals surface area contributed by atoms with E-state index in [0.717, 1.165) is 11.3 Å². The molecule has 0 aliphatic heterocycles. The van der Waals surface area contributed by atoms with E-state index < -0.39 is 6.10 Å². The van der Waals surface area contributed by atoms with E-state index in [-0.39, 0.29) is 17.2 Å². The summed E-state index contributed by atoms with van der Waals surface area (Å²) in [5, 5.41) is 2.72. The number of amides is 1. The van der Waals surface area contributed by atoms with E-state index in [9.17, 15) is 9.59 Å². The van der Waals surface area contributed by atoms with E-state index in [4.69, 9.17) is 4.74 Å². The molecule has 0 unspecified atom stereocenters. The molecule has 0 saturated carbocycles. The first-order chi connectivity index (χ1) is 12.9. The lowest BCUT2D eigenvalue weighted by molar-refractivity contribution is -0.122. The largest absolute Gasteiger partial charge is 0.481 e. The number of hydrogen-bond acceptors (Lipinski definition) is 3. The molecule has 0 aliphatic rings. The van der Waals surface area contributed by atoms with Crippen LogP contribution < -0.4 is 15.6 Å². The standard InChI is InChI=1S/C21H23N3O3/c1-14-10-12-18(13-11-14)27-16(3)20(25)22-19-15(2)23(4)24(21(19)26)17-8-6-5-7-9-17/h5-13,16H,1-4H3,(H,22,25)/t16-/m0/s1. The molecule has 0 spiro atoms. The number of anilines is 1. The van der Waals surface area contributed by atoms with Crippen LogP contribution in [-0.2, 0) is 11.8 Å². The molecule has 1 amide bonds. The molecule has 6 heteroatoms. The summed E-state index contributed by atoms with van der Waals surface area (Å²) in [4.78, 5) is 25.4. The number of benzene rings is 2. The van der Waals surface area contributed by atoms with Gasteiger partial charge in [-0.25, -0.2) is 4.68 Å². The molecular weight excluding hydrogens is 342 g/mol. The van der Waals surface area contributed by atoms with Crippen LogP contribution in [-0.4, -0.2) is 21.4 Å². The second-order valence-corrected chi connectivity index (χ2v) is 6.50. The molecule has 3 rings (SSSR count). The van der Waals surface area contributed by atoms with Gasteiger partial charge < -0.3 is 10.1 Å². The van der Waals surface area contributed by atoms with Crippen molar-refractivity contribution in [1.82, 2.24) is 9.36 Å². The first-order valence-electron chi connectivity index (χ1n) is 8.76. The van der Waals surface area contributed by atoms with Crippen LogP contribution in [0, 0.1) is 13.8 Å². The normalized spacial score (nSPS) is 11.9. The van der Waals surface area contributed by atoms with Gasteiger partial charge in [0.1, 0.15) is 11.4 Å². The highest BCUT2D eigenvalue weighted by atomic mass is 16.5. The molecule has 6 nitrogen and oxygen atoms in total. The van der Waals surface area contributed by atoms with Crippen LogP contribution in [0.4, 0.5) is 5.69 Å². The SMILES string of the molecule is Cc1ccc(O[C@@H](C)C(=O)Nc2c(C)n(C)n(-c3ccccc3)c2=O)cc1. The second kappa shape index (κ2) is 7.53. The van der Waals surface area contributed by atoms with Crippen LogP contribution >= 0.6 is 0 Å². The van der Waals surface area contributed by atoms with Crippen molar-refractivity contribution in [3.63, 3.8) is 0 Å². The third kappa shape index (κ3) is 3.79. The van der Waals surface area contributed by atoms with Crippen LogP contribution in [0.25, 0.3) is 5.69 Å². The summed E-state index contributed by atoms with van der Waals surface area (Å²) in [6, 6.07) is 16.8. The Hall–Kier alpha value is -3.28. The van der Waals surface area contributed by atoms with Gasteiger partial charge in [0.25, 0.3) is 11.5 Å². The number of hydrogen-bond donors (Lipinski definition) is 1. The van der Waals surface area contributed by atoms with Crippen molar-refractivity contribution in [2.45, 2.75) is 26.9 Å². The van der Waals surface area contributed by atoms with Crippen molar-refractivity contribution in [3.05, 3.63) is 76.2 Å². The van der Waals surface area contributed by atoms with Gasteiger partial charge in [0.2, 0.25) is 0 Å². The van der Waals surface area contributed by atoms with Gasteiger partial charge in [-0.05, 0) is 45.0 Å². The maximum Gasteiger partial charge on any atom is 0.295 e. The number of rotatable bonds is 5. The molecule has 0 fully saturated rings. The van der Waals surface area contributed by atoms with Crippen LogP contribution in [0.5, 0.6) is 5.75 Å². The Morgan fingerprint density at radius 3 is 2.30 bits per heavy atom. The summed E-state index contributed by atoms with van der Waals surface area (Å²) < 4.78 is 8.92. The molecule has 1 N–H and O–H groups in total. The fourth-order valence-electron chi connectivity index (χ4n) is 2.81. The molecule has 0 bridgehead atoms. The summed E-state index contributed by atoms with van der Waals surface area (Å²) >= 11 is 0.